The molecule has 1 fully saturated rings. The Bertz CT molecular complexity index is 1280. The molecule has 216 valence electrons. The molecule has 0 bridgehead atoms. The molecule has 0 aromatic heterocycles. The highest BCUT2D eigenvalue weighted by Gasteiger charge is 2.37. The van der Waals surface area contributed by atoms with Crippen molar-refractivity contribution < 1.29 is 28.9 Å². The van der Waals surface area contributed by atoms with E-state index in [4.69, 9.17) is 30.8 Å². The number of ether oxygens (including phenoxy) is 3. The predicted molar refractivity (Wildman–Crippen MR) is 154 cm³/mol. The summed E-state index contributed by atoms with van der Waals surface area (Å²) in [5, 5.41) is 10.6. The Morgan fingerprint density at radius 2 is 1.85 bits per heavy atom. The van der Waals surface area contributed by atoms with E-state index in [-0.39, 0.29) is 6.42 Å². The number of hydrogen-bond donors (Lipinski definition) is 1. The zero-order valence-electron chi connectivity index (χ0n) is 23.9. The van der Waals surface area contributed by atoms with E-state index in [0.717, 1.165) is 5.56 Å². The number of benzene rings is 2. The summed E-state index contributed by atoms with van der Waals surface area (Å²) in [5.74, 6) is 1.43. The molecule has 1 amide bonds. The van der Waals surface area contributed by atoms with Crippen molar-refractivity contribution in [2.24, 2.45) is 4.99 Å². The summed E-state index contributed by atoms with van der Waals surface area (Å²) in [5.41, 5.74) is -0.285. The van der Waals surface area contributed by atoms with Crippen molar-refractivity contribution in [1.29, 1.82) is 0 Å². The van der Waals surface area contributed by atoms with Gasteiger partial charge in [0.15, 0.2) is 5.75 Å². The van der Waals surface area contributed by atoms with E-state index < -0.39 is 35.4 Å². The number of esters is 1. The average molecular weight is 572 g/mol. The minimum Gasteiger partial charge on any atom is -0.462 e. The van der Waals surface area contributed by atoms with Crippen LogP contribution in [0.25, 0.3) is 0 Å². The van der Waals surface area contributed by atoms with Crippen LogP contribution < -0.4 is 4.74 Å². The molecule has 0 aliphatic carbocycles. The quantitative estimate of drug-likeness (QED) is 0.444. The van der Waals surface area contributed by atoms with Gasteiger partial charge in [0, 0.05) is 31.1 Å². The van der Waals surface area contributed by atoms with Crippen LogP contribution in [0.15, 0.2) is 47.5 Å². The monoisotopic (exact) mass is 571 g/mol. The molecule has 2 aromatic carbocycles. The number of carbonyl (C=O) groups excluding carboxylic acids is 2. The number of amides is 1. The second-order valence-electron chi connectivity index (χ2n) is 11.9. The lowest BCUT2D eigenvalue weighted by Crippen LogP contribution is -2.58. The second kappa shape index (κ2) is 11.7. The standard InChI is InChI=1S/C30H38ClN3O6/c1-19(17-30(5,6)37)38-26(35)16-21-18-33(13-14-34(21)28(36)40-29(2,3)4)27-22-9-7-8-10-24(22)39-25-12-11-20(31)15-23(25)32-27/h7-12,15,19,21,37H,13-14,16-18H2,1-6H3/t19-,21?/m1/s1. The molecule has 40 heavy (non-hydrogen) atoms. The number of hydrogen-bond acceptors (Lipinski definition) is 8. The fourth-order valence-corrected chi connectivity index (χ4v) is 5.10. The number of carbonyl (C=O) groups is 2. The Balaban J connectivity index is 1.63. The molecule has 1 saturated heterocycles. The van der Waals surface area contributed by atoms with Crippen molar-refractivity contribution in [3.05, 3.63) is 53.1 Å². The fourth-order valence-electron chi connectivity index (χ4n) is 4.93. The Kier molecular flexibility index (Phi) is 8.66. The maximum Gasteiger partial charge on any atom is 0.410 e. The van der Waals surface area contributed by atoms with Crippen molar-refractivity contribution in [2.75, 3.05) is 19.6 Å². The van der Waals surface area contributed by atoms with Gasteiger partial charge in [0.25, 0.3) is 0 Å². The SMILES string of the molecule is C[C@H](CC(C)(C)O)OC(=O)CC1CN(C2=Nc3cc(Cl)ccc3Oc3ccccc32)CCN1C(=O)OC(C)(C)C. The van der Waals surface area contributed by atoms with Gasteiger partial charge in [-0.25, -0.2) is 9.79 Å². The van der Waals surface area contributed by atoms with E-state index in [0.29, 0.717) is 54.1 Å². The number of para-hydroxylation sites is 1. The molecule has 2 heterocycles. The third kappa shape index (κ3) is 7.67. The van der Waals surface area contributed by atoms with E-state index in [1.54, 1.807) is 43.9 Å². The second-order valence-corrected chi connectivity index (χ2v) is 12.4. The summed E-state index contributed by atoms with van der Waals surface area (Å²) in [7, 11) is 0. The first-order valence-electron chi connectivity index (χ1n) is 13.5. The van der Waals surface area contributed by atoms with E-state index >= 15 is 0 Å². The van der Waals surface area contributed by atoms with Crippen LogP contribution in [0.3, 0.4) is 0 Å². The van der Waals surface area contributed by atoms with Crippen molar-refractivity contribution in [3.63, 3.8) is 0 Å². The first-order valence-corrected chi connectivity index (χ1v) is 13.9. The lowest BCUT2D eigenvalue weighted by atomic mass is 10.0. The summed E-state index contributed by atoms with van der Waals surface area (Å²) in [6.07, 6.45) is -0.725. The van der Waals surface area contributed by atoms with Gasteiger partial charge in [-0.2, -0.15) is 0 Å². The van der Waals surface area contributed by atoms with Crippen molar-refractivity contribution in [2.45, 2.75) is 77.7 Å². The maximum atomic E-state index is 13.2. The molecule has 0 radical (unpaired) electrons. The predicted octanol–water partition coefficient (Wildman–Crippen LogP) is 5.93. The Morgan fingerprint density at radius 3 is 2.55 bits per heavy atom. The number of halogens is 1. The largest absolute Gasteiger partial charge is 0.462 e. The number of fused-ring (bicyclic) bond motifs is 2. The van der Waals surface area contributed by atoms with Crippen molar-refractivity contribution in [3.8, 4) is 11.5 Å². The number of amidine groups is 1. The fraction of sp³-hybridized carbons (Fsp3) is 0.500. The van der Waals surface area contributed by atoms with Crippen molar-refractivity contribution >= 4 is 35.2 Å². The highest BCUT2D eigenvalue weighted by molar-refractivity contribution is 6.31. The molecule has 4 rings (SSSR count). The summed E-state index contributed by atoms with van der Waals surface area (Å²) >= 11 is 6.28. The lowest BCUT2D eigenvalue weighted by molar-refractivity contribution is -0.152. The average Bonchev–Trinajstić information content (AvgIpc) is 2.98. The third-order valence-corrected chi connectivity index (χ3v) is 6.66. The summed E-state index contributed by atoms with van der Waals surface area (Å²) in [4.78, 5) is 34.8. The summed E-state index contributed by atoms with van der Waals surface area (Å²) in [6, 6.07) is 12.4. The zero-order valence-corrected chi connectivity index (χ0v) is 24.7. The Labute approximate surface area is 240 Å². The van der Waals surface area contributed by atoms with Crippen LogP contribution in [0, 0.1) is 0 Å². The zero-order chi connectivity index (χ0) is 29.2. The van der Waals surface area contributed by atoms with Crippen LogP contribution in [0.4, 0.5) is 10.5 Å². The van der Waals surface area contributed by atoms with Gasteiger partial charge in [-0.3, -0.25) is 4.79 Å². The molecule has 9 nitrogen and oxygen atoms in total. The van der Waals surface area contributed by atoms with Crippen LogP contribution in [-0.2, 0) is 14.3 Å². The van der Waals surface area contributed by atoms with Gasteiger partial charge in [0.1, 0.15) is 29.0 Å². The molecule has 1 unspecified atom stereocenters. The molecular formula is C30H38ClN3O6. The smallest absolute Gasteiger partial charge is 0.410 e. The molecule has 10 heteroatoms. The number of aliphatic imine (C=N–C) groups is 1. The van der Waals surface area contributed by atoms with Gasteiger partial charge in [-0.15, -0.1) is 0 Å². The third-order valence-electron chi connectivity index (χ3n) is 6.43. The van der Waals surface area contributed by atoms with Gasteiger partial charge in [-0.05, 0) is 71.9 Å². The van der Waals surface area contributed by atoms with E-state index in [2.05, 4.69) is 4.90 Å². The van der Waals surface area contributed by atoms with Gasteiger partial charge in [-0.1, -0.05) is 23.7 Å². The van der Waals surface area contributed by atoms with Gasteiger partial charge < -0.3 is 29.1 Å². The highest BCUT2D eigenvalue weighted by Crippen LogP contribution is 2.40. The number of rotatable bonds is 5. The molecule has 0 saturated carbocycles. The van der Waals surface area contributed by atoms with Crippen LogP contribution in [-0.4, -0.2) is 75.8 Å². The number of piperazine rings is 1. The molecule has 2 aliphatic heterocycles. The van der Waals surface area contributed by atoms with Crippen LogP contribution in [0.5, 0.6) is 11.5 Å². The molecule has 2 atom stereocenters. The Morgan fingerprint density at radius 1 is 1.12 bits per heavy atom. The first kappa shape index (κ1) is 29.7. The lowest BCUT2D eigenvalue weighted by Gasteiger charge is -2.42. The molecule has 0 spiro atoms. The van der Waals surface area contributed by atoms with Crippen LogP contribution in [0.2, 0.25) is 5.02 Å². The van der Waals surface area contributed by atoms with E-state index in [1.807, 2.05) is 45.0 Å². The number of aliphatic hydroxyl groups is 1. The van der Waals surface area contributed by atoms with Gasteiger partial charge >= 0.3 is 12.1 Å². The van der Waals surface area contributed by atoms with E-state index in [1.165, 1.54) is 0 Å². The molecule has 2 aromatic rings. The van der Waals surface area contributed by atoms with Crippen molar-refractivity contribution in [1.82, 2.24) is 9.80 Å². The number of nitrogens with zero attached hydrogens (tertiary/aromatic N) is 3. The Hall–Kier alpha value is -3.30. The maximum absolute atomic E-state index is 13.2. The topological polar surface area (TPSA) is 101 Å². The minimum atomic E-state index is -0.976. The summed E-state index contributed by atoms with van der Waals surface area (Å²) < 4.78 is 17.5. The van der Waals surface area contributed by atoms with Gasteiger partial charge in [0.05, 0.1) is 23.6 Å². The first-order chi connectivity index (χ1) is 18.7. The molecule has 2 aliphatic rings. The van der Waals surface area contributed by atoms with E-state index in [9.17, 15) is 14.7 Å². The highest BCUT2D eigenvalue weighted by atomic mass is 35.5. The van der Waals surface area contributed by atoms with Crippen LogP contribution in [0.1, 0.15) is 59.9 Å². The minimum absolute atomic E-state index is 0.0419. The normalized spacial score (nSPS) is 18.0. The summed E-state index contributed by atoms with van der Waals surface area (Å²) in [6.45, 7) is 11.6. The van der Waals surface area contributed by atoms with Gasteiger partial charge in [0.2, 0.25) is 0 Å². The van der Waals surface area contributed by atoms with Crippen LogP contribution >= 0.6 is 11.6 Å². The molecular weight excluding hydrogens is 534 g/mol. The molecule has 1 N–H and O–H groups in total.